The van der Waals surface area contributed by atoms with Crippen LogP contribution in [-0.4, -0.2) is 31.1 Å². The first-order chi connectivity index (χ1) is 6.57. The summed E-state index contributed by atoms with van der Waals surface area (Å²) in [6.45, 7) is 0. The van der Waals surface area contributed by atoms with Gasteiger partial charge in [-0.15, -0.1) is 0 Å². The van der Waals surface area contributed by atoms with Gasteiger partial charge in [0.15, 0.2) is 0 Å². The van der Waals surface area contributed by atoms with E-state index in [2.05, 4.69) is 0 Å². The Morgan fingerprint density at radius 3 is 2.57 bits per heavy atom. The second-order valence-electron chi connectivity index (χ2n) is 3.02. The van der Waals surface area contributed by atoms with Crippen LogP contribution in [0.1, 0.15) is 5.56 Å². The van der Waals surface area contributed by atoms with Gasteiger partial charge in [0, 0.05) is 19.7 Å². The van der Waals surface area contributed by atoms with Gasteiger partial charge in [-0.25, -0.2) is 0 Å². The van der Waals surface area contributed by atoms with Crippen molar-refractivity contribution in [1.29, 1.82) is 0 Å². The van der Waals surface area contributed by atoms with Gasteiger partial charge >= 0.3 is 0 Å². The molecule has 0 aliphatic rings. The predicted octanol–water partition coefficient (Wildman–Crippen LogP) is 2.59. The standard InChI is InChI=1S/C10H12ClNOS/c1-12(2)10(14)7-5-4-6-8(13-3)9(7)11/h4-6H,1-3H3. The predicted molar refractivity (Wildman–Crippen MR) is 63.4 cm³/mol. The van der Waals surface area contributed by atoms with Crippen LogP contribution in [-0.2, 0) is 0 Å². The zero-order valence-corrected chi connectivity index (χ0v) is 9.95. The van der Waals surface area contributed by atoms with Crippen LogP contribution in [0.3, 0.4) is 0 Å². The first kappa shape index (κ1) is 11.3. The summed E-state index contributed by atoms with van der Waals surface area (Å²) in [5.74, 6) is 0.647. The van der Waals surface area contributed by atoms with Gasteiger partial charge in [-0.3, -0.25) is 0 Å². The third kappa shape index (κ3) is 2.16. The first-order valence-electron chi connectivity index (χ1n) is 4.12. The molecule has 0 aliphatic heterocycles. The van der Waals surface area contributed by atoms with E-state index in [0.717, 1.165) is 5.56 Å². The quantitative estimate of drug-likeness (QED) is 0.724. The fraction of sp³-hybridized carbons (Fsp3) is 0.300. The fourth-order valence-electron chi connectivity index (χ4n) is 1.07. The van der Waals surface area contributed by atoms with E-state index in [4.69, 9.17) is 28.6 Å². The highest BCUT2D eigenvalue weighted by molar-refractivity contribution is 7.80. The molecule has 1 aromatic carbocycles. The SMILES string of the molecule is COc1cccc(C(=S)N(C)C)c1Cl. The van der Waals surface area contributed by atoms with E-state index >= 15 is 0 Å². The molecule has 0 radical (unpaired) electrons. The van der Waals surface area contributed by atoms with Gasteiger partial charge in [0.1, 0.15) is 10.7 Å². The summed E-state index contributed by atoms with van der Waals surface area (Å²) in [7, 11) is 5.36. The number of hydrogen-bond acceptors (Lipinski definition) is 2. The average Bonchev–Trinajstić information content (AvgIpc) is 2.17. The Morgan fingerprint density at radius 2 is 2.07 bits per heavy atom. The van der Waals surface area contributed by atoms with E-state index in [1.807, 2.05) is 37.2 Å². The van der Waals surface area contributed by atoms with Gasteiger partial charge in [-0.2, -0.15) is 0 Å². The van der Waals surface area contributed by atoms with Crippen LogP contribution in [0, 0.1) is 0 Å². The normalized spacial score (nSPS) is 9.71. The number of halogens is 1. The molecule has 4 heteroatoms. The molecule has 0 fully saturated rings. The summed E-state index contributed by atoms with van der Waals surface area (Å²) in [4.78, 5) is 2.55. The zero-order chi connectivity index (χ0) is 10.7. The highest BCUT2D eigenvalue weighted by atomic mass is 35.5. The Labute approximate surface area is 94.4 Å². The van der Waals surface area contributed by atoms with Crippen molar-refractivity contribution in [3.63, 3.8) is 0 Å². The monoisotopic (exact) mass is 229 g/mol. The molecule has 0 N–H and O–H groups in total. The lowest BCUT2D eigenvalue weighted by atomic mass is 10.2. The van der Waals surface area contributed by atoms with E-state index in [1.54, 1.807) is 7.11 Å². The topological polar surface area (TPSA) is 12.5 Å². The summed E-state index contributed by atoms with van der Waals surface area (Å²) in [6, 6.07) is 5.56. The minimum atomic E-state index is 0.564. The number of methoxy groups -OCH3 is 1. The second-order valence-corrected chi connectivity index (χ2v) is 3.79. The number of nitrogens with zero attached hydrogens (tertiary/aromatic N) is 1. The lowest BCUT2D eigenvalue weighted by molar-refractivity contribution is 0.415. The molecule has 2 nitrogen and oxygen atoms in total. The van der Waals surface area contributed by atoms with Crippen molar-refractivity contribution in [1.82, 2.24) is 4.90 Å². The number of ether oxygens (including phenoxy) is 1. The van der Waals surface area contributed by atoms with Gasteiger partial charge in [-0.05, 0) is 6.07 Å². The van der Waals surface area contributed by atoms with Crippen LogP contribution >= 0.6 is 23.8 Å². The van der Waals surface area contributed by atoms with Gasteiger partial charge in [0.05, 0.1) is 12.1 Å². The Balaban J connectivity index is 3.16. The van der Waals surface area contributed by atoms with E-state index in [-0.39, 0.29) is 0 Å². The maximum atomic E-state index is 6.11. The second kappa shape index (κ2) is 4.62. The van der Waals surface area contributed by atoms with Crippen molar-refractivity contribution in [2.24, 2.45) is 0 Å². The molecule has 1 aromatic rings. The van der Waals surface area contributed by atoms with Gasteiger partial charge in [0.2, 0.25) is 0 Å². The minimum Gasteiger partial charge on any atom is -0.495 e. The molecule has 0 spiro atoms. The Morgan fingerprint density at radius 1 is 1.43 bits per heavy atom. The summed E-state index contributed by atoms with van der Waals surface area (Å²) in [5, 5.41) is 0.564. The number of rotatable bonds is 2. The maximum absolute atomic E-state index is 6.11. The molecule has 0 unspecified atom stereocenters. The molecule has 0 saturated heterocycles. The van der Waals surface area contributed by atoms with E-state index in [1.165, 1.54) is 0 Å². The molecule has 0 bridgehead atoms. The molecule has 0 aliphatic carbocycles. The average molecular weight is 230 g/mol. The number of hydrogen-bond donors (Lipinski definition) is 0. The van der Waals surface area contributed by atoms with Crippen LogP contribution in [0.4, 0.5) is 0 Å². The molecule has 76 valence electrons. The van der Waals surface area contributed by atoms with Crippen LogP contribution in [0.25, 0.3) is 0 Å². The molecule has 1 rings (SSSR count). The third-order valence-electron chi connectivity index (χ3n) is 1.82. The summed E-state index contributed by atoms with van der Waals surface area (Å²) >= 11 is 11.3. The number of thiocarbonyl (C=S) groups is 1. The Hall–Kier alpha value is -0.800. The molecule has 0 aromatic heterocycles. The van der Waals surface area contributed by atoms with E-state index in [0.29, 0.717) is 15.8 Å². The maximum Gasteiger partial charge on any atom is 0.138 e. The van der Waals surface area contributed by atoms with Crippen molar-refractivity contribution in [3.8, 4) is 5.75 Å². The van der Waals surface area contributed by atoms with Crippen molar-refractivity contribution in [2.75, 3.05) is 21.2 Å². The van der Waals surface area contributed by atoms with Crippen LogP contribution in [0.15, 0.2) is 18.2 Å². The molecule has 0 amide bonds. The lowest BCUT2D eigenvalue weighted by Crippen LogP contribution is -2.20. The molecule has 14 heavy (non-hydrogen) atoms. The van der Waals surface area contributed by atoms with Gasteiger partial charge in [0.25, 0.3) is 0 Å². The van der Waals surface area contributed by atoms with Crippen LogP contribution < -0.4 is 4.74 Å². The third-order valence-corrected chi connectivity index (χ3v) is 2.79. The molecule has 0 heterocycles. The lowest BCUT2D eigenvalue weighted by Gasteiger charge is -2.16. The van der Waals surface area contributed by atoms with Crippen molar-refractivity contribution in [3.05, 3.63) is 28.8 Å². The van der Waals surface area contributed by atoms with E-state index in [9.17, 15) is 0 Å². The summed E-state index contributed by atoms with van der Waals surface area (Å²) in [6.07, 6.45) is 0. The van der Waals surface area contributed by atoms with E-state index < -0.39 is 0 Å². The first-order valence-corrected chi connectivity index (χ1v) is 4.90. The summed E-state index contributed by atoms with van der Waals surface area (Å²) in [5.41, 5.74) is 0.825. The largest absolute Gasteiger partial charge is 0.495 e. The van der Waals surface area contributed by atoms with Crippen molar-refractivity contribution >= 4 is 28.8 Å². The van der Waals surface area contributed by atoms with Crippen LogP contribution in [0.2, 0.25) is 5.02 Å². The highest BCUT2D eigenvalue weighted by Crippen LogP contribution is 2.28. The smallest absolute Gasteiger partial charge is 0.138 e. The Bertz CT molecular complexity index is 352. The number of benzene rings is 1. The van der Waals surface area contributed by atoms with Crippen molar-refractivity contribution in [2.45, 2.75) is 0 Å². The minimum absolute atomic E-state index is 0.564. The van der Waals surface area contributed by atoms with Crippen LogP contribution in [0.5, 0.6) is 5.75 Å². The molecule has 0 saturated carbocycles. The van der Waals surface area contributed by atoms with Crippen molar-refractivity contribution < 1.29 is 4.74 Å². The van der Waals surface area contributed by atoms with Gasteiger partial charge < -0.3 is 9.64 Å². The highest BCUT2D eigenvalue weighted by Gasteiger charge is 2.11. The molecular formula is C10H12ClNOS. The van der Waals surface area contributed by atoms with Gasteiger partial charge in [-0.1, -0.05) is 36.0 Å². The fourth-order valence-corrected chi connectivity index (χ4v) is 1.59. The Kier molecular flexibility index (Phi) is 3.72. The summed E-state index contributed by atoms with van der Waals surface area (Å²) < 4.78 is 5.11. The molecule has 0 atom stereocenters. The molecular weight excluding hydrogens is 218 g/mol. The zero-order valence-electron chi connectivity index (χ0n) is 8.37.